The van der Waals surface area contributed by atoms with Crippen LogP contribution in [0.25, 0.3) is 0 Å². The summed E-state index contributed by atoms with van der Waals surface area (Å²) in [5.74, 6) is 0.861. The Hall–Kier alpha value is -0.150. The lowest BCUT2D eigenvalue weighted by Gasteiger charge is -2.07. The molecule has 1 heterocycles. The summed E-state index contributed by atoms with van der Waals surface area (Å²) in [6.45, 7) is 2.11. The molecular formula is C7H11ClN2S. The van der Waals surface area contributed by atoms with Gasteiger partial charge < -0.3 is 5.32 Å². The second-order valence-corrected chi connectivity index (χ2v) is 4.12. The molecule has 0 bridgehead atoms. The van der Waals surface area contributed by atoms with E-state index in [4.69, 9.17) is 17.0 Å². The smallest absolute Gasteiger partial charge is 0.126 e. The fraction of sp³-hybridized carbons (Fsp3) is 0.571. The summed E-state index contributed by atoms with van der Waals surface area (Å²) < 4.78 is 0. The maximum Gasteiger partial charge on any atom is 0.126 e. The SMILES string of the molecule is CNC1=C(C(=N)Cl)CSC1C. The maximum absolute atomic E-state index is 7.27. The van der Waals surface area contributed by atoms with Crippen molar-refractivity contribution in [2.45, 2.75) is 12.2 Å². The summed E-state index contributed by atoms with van der Waals surface area (Å²) in [6, 6.07) is 0. The quantitative estimate of drug-likeness (QED) is 0.652. The molecule has 2 nitrogen and oxygen atoms in total. The van der Waals surface area contributed by atoms with Crippen molar-refractivity contribution in [1.82, 2.24) is 5.32 Å². The molecule has 1 aliphatic rings. The van der Waals surface area contributed by atoms with E-state index in [1.54, 1.807) is 11.8 Å². The highest BCUT2D eigenvalue weighted by Crippen LogP contribution is 2.31. The molecule has 1 atom stereocenters. The highest BCUT2D eigenvalue weighted by molar-refractivity contribution is 8.00. The van der Waals surface area contributed by atoms with Crippen molar-refractivity contribution in [3.8, 4) is 0 Å². The maximum atomic E-state index is 7.27. The molecule has 0 saturated heterocycles. The third kappa shape index (κ3) is 1.71. The number of hydrogen-bond acceptors (Lipinski definition) is 3. The predicted octanol–water partition coefficient (Wildman–Crippen LogP) is 1.81. The number of halogens is 1. The lowest BCUT2D eigenvalue weighted by molar-refractivity contribution is 0.914. The first-order valence-electron chi connectivity index (χ1n) is 3.43. The van der Waals surface area contributed by atoms with Gasteiger partial charge in [0, 0.05) is 29.3 Å². The molecular weight excluding hydrogens is 180 g/mol. The van der Waals surface area contributed by atoms with Crippen LogP contribution in [0.1, 0.15) is 6.92 Å². The number of hydrogen-bond donors (Lipinski definition) is 2. The molecule has 1 rings (SSSR count). The van der Waals surface area contributed by atoms with Gasteiger partial charge in [0.15, 0.2) is 0 Å². The Balaban J connectivity index is 2.88. The molecule has 62 valence electrons. The molecule has 0 aromatic heterocycles. The molecule has 4 heteroatoms. The van der Waals surface area contributed by atoms with E-state index in [0.717, 1.165) is 17.0 Å². The molecule has 0 spiro atoms. The highest BCUT2D eigenvalue weighted by atomic mass is 35.5. The average Bonchev–Trinajstić information content (AvgIpc) is 2.30. The van der Waals surface area contributed by atoms with E-state index in [2.05, 4.69) is 12.2 Å². The topological polar surface area (TPSA) is 35.9 Å². The van der Waals surface area contributed by atoms with E-state index in [1.165, 1.54) is 0 Å². The van der Waals surface area contributed by atoms with Crippen molar-refractivity contribution in [3.63, 3.8) is 0 Å². The van der Waals surface area contributed by atoms with Crippen LogP contribution in [0, 0.1) is 5.41 Å². The van der Waals surface area contributed by atoms with Crippen molar-refractivity contribution >= 4 is 28.5 Å². The second kappa shape index (κ2) is 3.50. The summed E-state index contributed by atoms with van der Waals surface area (Å²) in [7, 11) is 1.87. The monoisotopic (exact) mass is 190 g/mol. The lowest BCUT2D eigenvalue weighted by atomic mass is 10.2. The first-order valence-corrected chi connectivity index (χ1v) is 4.86. The Morgan fingerprint density at radius 2 is 2.45 bits per heavy atom. The van der Waals surface area contributed by atoms with Crippen LogP contribution in [0.5, 0.6) is 0 Å². The summed E-state index contributed by atoms with van der Waals surface area (Å²) in [4.78, 5) is 0. The van der Waals surface area contributed by atoms with Crippen LogP contribution < -0.4 is 5.32 Å². The number of nitrogens with one attached hydrogen (secondary N) is 2. The predicted molar refractivity (Wildman–Crippen MR) is 51.6 cm³/mol. The van der Waals surface area contributed by atoms with Crippen LogP contribution in [0.2, 0.25) is 0 Å². The van der Waals surface area contributed by atoms with E-state index in [0.29, 0.717) is 5.25 Å². The number of thioether (sulfide) groups is 1. The van der Waals surface area contributed by atoms with Crippen LogP contribution in [0.4, 0.5) is 0 Å². The van der Waals surface area contributed by atoms with Gasteiger partial charge in [-0.15, -0.1) is 11.8 Å². The van der Waals surface area contributed by atoms with Gasteiger partial charge in [0.1, 0.15) is 5.17 Å². The van der Waals surface area contributed by atoms with Crippen molar-refractivity contribution in [2.24, 2.45) is 0 Å². The van der Waals surface area contributed by atoms with E-state index >= 15 is 0 Å². The summed E-state index contributed by atoms with van der Waals surface area (Å²) in [6.07, 6.45) is 0. The minimum absolute atomic E-state index is 0.172. The molecule has 0 aliphatic carbocycles. The van der Waals surface area contributed by atoms with E-state index in [-0.39, 0.29) is 5.17 Å². The molecule has 0 amide bonds. The van der Waals surface area contributed by atoms with Crippen LogP contribution in [-0.4, -0.2) is 23.2 Å². The van der Waals surface area contributed by atoms with Gasteiger partial charge >= 0.3 is 0 Å². The van der Waals surface area contributed by atoms with Crippen LogP contribution >= 0.6 is 23.4 Å². The van der Waals surface area contributed by atoms with Gasteiger partial charge in [0.2, 0.25) is 0 Å². The molecule has 11 heavy (non-hydrogen) atoms. The zero-order valence-corrected chi connectivity index (χ0v) is 8.14. The van der Waals surface area contributed by atoms with Gasteiger partial charge in [0.25, 0.3) is 0 Å². The molecule has 0 aromatic rings. The lowest BCUT2D eigenvalue weighted by Crippen LogP contribution is -2.15. The standard InChI is InChI=1S/C7H11ClN2S/c1-4-6(10-2)5(3-11-4)7(8)9/h4,9-10H,3H2,1-2H3. The zero-order valence-electron chi connectivity index (χ0n) is 6.57. The highest BCUT2D eigenvalue weighted by Gasteiger charge is 2.23. The Bertz CT molecular complexity index is 212. The first kappa shape index (κ1) is 8.94. The summed E-state index contributed by atoms with van der Waals surface area (Å²) in [5, 5.41) is 11.0. The van der Waals surface area contributed by atoms with Crippen molar-refractivity contribution in [1.29, 1.82) is 5.41 Å². The Morgan fingerprint density at radius 3 is 2.82 bits per heavy atom. The van der Waals surface area contributed by atoms with Gasteiger partial charge in [-0.05, 0) is 6.92 Å². The van der Waals surface area contributed by atoms with Gasteiger partial charge in [-0.1, -0.05) is 11.6 Å². The van der Waals surface area contributed by atoms with E-state index in [1.807, 2.05) is 7.05 Å². The molecule has 1 unspecified atom stereocenters. The largest absolute Gasteiger partial charge is 0.390 e. The fourth-order valence-electron chi connectivity index (χ4n) is 1.15. The second-order valence-electron chi connectivity index (χ2n) is 2.41. The van der Waals surface area contributed by atoms with Crippen LogP contribution in [-0.2, 0) is 0 Å². The molecule has 0 radical (unpaired) electrons. The van der Waals surface area contributed by atoms with Gasteiger partial charge in [0.05, 0.1) is 0 Å². The third-order valence-corrected chi connectivity index (χ3v) is 3.16. The van der Waals surface area contributed by atoms with E-state index < -0.39 is 0 Å². The molecule has 2 N–H and O–H groups in total. The molecule has 0 fully saturated rings. The minimum Gasteiger partial charge on any atom is -0.390 e. The summed E-state index contributed by atoms with van der Waals surface area (Å²) >= 11 is 7.40. The van der Waals surface area contributed by atoms with Crippen LogP contribution in [0.3, 0.4) is 0 Å². The van der Waals surface area contributed by atoms with Gasteiger partial charge in [-0.2, -0.15) is 0 Å². The molecule has 0 aromatic carbocycles. The van der Waals surface area contributed by atoms with Crippen molar-refractivity contribution in [2.75, 3.05) is 12.8 Å². The van der Waals surface area contributed by atoms with Crippen LogP contribution in [0.15, 0.2) is 11.3 Å². The summed E-state index contributed by atoms with van der Waals surface area (Å²) in [5.41, 5.74) is 2.06. The zero-order chi connectivity index (χ0) is 8.43. The average molecular weight is 191 g/mol. The van der Waals surface area contributed by atoms with Crippen molar-refractivity contribution in [3.05, 3.63) is 11.3 Å². The molecule has 0 saturated carbocycles. The van der Waals surface area contributed by atoms with Gasteiger partial charge in [-0.25, -0.2) is 0 Å². The van der Waals surface area contributed by atoms with Gasteiger partial charge in [-0.3, -0.25) is 5.41 Å². The number of rotatable bonds is 2. The Morgan fingerprint density at radius 1 is 1.82 bits per heavy atom. The normalized spacial score (nSPS) is 24.1. The van der Waals surface area contributed by atoms with E-state index in [9.17, 15) is 0 Å². The first-order chi connectivity index (χ1) is 5.16. The minimum atomic E-state index is 0.172. The molecule has 1 aliphatic heterocycles. The third-order valence-electron chi connectivity index (χ3n) is 1.74. The Labute approximate surface area is 75.9 Å². The van der Waals surface area contributed by atoms with Crippen molar-refractivity contribution < 1.29 is 0 Å². The fourth-order valence-corrected chi connectivity index (χ4v) is 2.54. The Kier molecular flexibility index (Phi) is 2.84.